The van der Waals surface area contributed by atoms with E-state index in [1.165, 1.54) is 31.3 Å². The Morgan fingerprint density at radius 2 is 1.70 bits per heavy atom. The maximum Gasteiger partial charge on any atom is 0.130 e. The summed E-state index contributed by atoms with van der Waals surface area (Å²) in [5.41, 5.74) is 1.07. The fourth-order valence-electron chi connectivity index (χ4n) is 10.5. The van der Waals surface area contributed by atoms with Crippen LogP contribution in [0.15, 0.2) is 12.2 Å². The number of epoxide rings is 1. The minimum Gasteiger partial charge on any atom is -0.393 e. The lowest BCUT2D eigenvalue weighted by molar-refractivity contribution is -0.162. The lowest BCUT2D eigenvalue weighted by Crippen LogP contribution is -2.69. The van der Waals surface area contributed by atoms with Gasteiger partial charge in [-0.05, 0) is 92.8 Å². The normalized spacial score (nSPS) is 55.9. The molecule has 5 fully saturated rings. The highest BCUT2D eigenvalue weighted by molar-refractivity contribution is 5.39. The molecule has 5 aliphatic rings. The topological polar surface area (TPSA) is 53.0 Å². The molecule has 0 radical (unpaired) electrons. The third-order valence-corrected chi connectivity index (χ3v) is 13.1. The van der Waals surface area contributed by atoms with Crippen molar-refractivity contribution in [3.8, 4) is 0 Å². The zero-order valence-corrected chi connectivity index (χ0v) is 22.4. The first-order chi connectivity index (χ1) is 15.3. The van der Waals surface area contributed by atoms with Gasteiger partial charge in [0, 0.05) is 10.8 Å². The summed E-state index contributed by atoms with van der Waals surface area (Å²) < 4.78 is 7.08. The number of rotatable bonds is 5. The second kappa shape index (κ2) is 7.32. The summed E-state index contributed by atoms with van der Waals surface area (Å²) in [6.07, 6.45) is 9.11. The summed E-state index contributed by atoms with van der Waals surface area (Å²) in [6.45, 7) is 21.0. The molecule has 33 heavy (non-hydrogen) atoms. The van der Waals surface area contributed by atoms with Crippen molar-refractivity contribution in [3.63, 3.8) is 0 Å². The number of allylic oxidation sites excluding steroid dienone is 1. The molecule has 4 saturated carbocycles. The molecule has 0 aromatic carbocycles. The molecular weight excluding hydrogens is 408 g/mol. The summed E-state index contributed by atoms with van der Waals surface area (Å²) in [7, 11) is 0. The first-order valence-electron chi connectivity index (χ1n) is 14.1. The SMILES string of the molecule is C=C(CCC(C)C1CCC2(C)C1(C)CCC13OC21C(O)CC1C(C)C(O)CCC13C)C(C)C. The first kappa shape index (κ1) is 24.3. The molecule has 1 saturated heterocycles. The molecule has 0 spiro atoms. The molecule has 0 bridgehead atoms. The fraction of sp³-hybridized carbons (Fsp3) is 0.933. The molecule has 3 heteroatoms. The van der Waals surface area contributed by atoms with E-state index in [-0.39, 0.29) is 33.9 Å². The maximum absolute atomic E-state index is 11.8. The molecule has 1 aliphatic heterocycles. The molecule has 11 unspecified atom stereocenters. The van der Waals surface area contributed by atoms with Crippen LogP contribution >= 0.6 is 0 Å². The second-order valence-electron chi connectivity index (χ2n) is 14.1. The maximum atomic E-state index is 11.8. The van der Waals surface area contributed by atoms with E-state index in [1.807, 2.05) is 0 Å². The van der Waals surface area contributed by atoms with Crippen molar-refractivity contribution in [3.05, 3.63) is 12.2 Å². The van der Waals surface area contributed by atoms with E-state index < -0.39 is 11.7 Å². The summed E-state index contributed by atoms with van der Waals surface area (Å²) in [5.74, 6) is 2.51. The average Bonchev–Trinajstić information content (AvgIpc) is 3.42. The van der Waals surface area contributed by atoms with Crippen LogP contribution in [0.4, 0.5) is 0 Å². The predicted molar refractivity (Wildman–Crippen MR) is 134 cm³/mol. The predicted octanol–water partition coefficient (Wildman–Crippen LogP) is 6.52. The van der Waals surface area contributed by atoms with Gasteiger partial charge in [0.2, 0.25) is 0 Å². The highest BCUT2D eigenvalue weighted by Gasteiger charge is 2.92. The summed E-state index contributed by atoms with van der Waals surface area (Å²) in [4.78, 5) is 0. The number of hydrogen-bond donors (Lipinski definition) is 2. The Kier molecular flexibility index (Phi) is 5.40. The molecule has 188 valence electrons. The molecule has 2 N–H and O–H groups in total. The van der Waals surface area contributed by atoms with Crippen LogP contribution in [0.3, 0.4) is 0 Å². The molecule has 5 rings (SSSR count). The molecule has 3 nitrogen and oxygen atoms in total. The summed E-state index contributed by atoms with van der Waals surface area (Å²) >= 11 is 0. The van der Waals surface area contributed by atoms with Crippen LogP contribution in [0, 0.1) is 45.8 Å². The van der Waals surface area contributed by atoms with Crippen molar-refractivity contribution in [2.75, 3.05) is 0 Å². The molecule has 11 atom stereocenters. The van der Waals surface area contributed by atoms with Gasteiger partial charge in [0.25, 0.3) is 0 Å². The summed E-state index contributed by atoms with van der Waals surface area (Å²) in [6, 6.07) is 0. The third kappa shape index (κ3) is 2.69. The van der Waals surface area contributed by atoms with Gasteiger partial charge in [0.05, 0.1) is 12.2 Å². The lowest BCUT2D eigenvalue weighted by atomic mass is 9.39. The zero-order chi connectivity index (χ0) is 24.2. The molecular formula is C30H50O3. The van der Waals surface area contributed by atoms with E-state index in [0.717, 1.165) is 32.1 Å². The van der Waals surface area contributed by atoms with E-state index in [2.05, 4.69) is 55.0 Å². The minimum absolute atomic E-state index is 0.0128. The molecule has 4 aliphatic carbocycles. The van der Waals surface area contributed by atoms with Gasteiger partial charge < -0.3 is 14.9 Å². The van der Waals surface area contributed by atoms with Gasteiger partial charge in [-0.1, -0.05) is 60.6 Å². The third-order valence-electron chi connectivity index (χ3n) is 13.1. The van der Waals surface area contributed by atoms with Gasteiger partial charge in [-0.3, -0.25) is 0 Å². The Morgan fingerprint density at radius 1 is 1.00 bits per heavy atom. The van der Waals surface area contributed by atoms with Crippen LogP contribution < -0.4 is 0 Å². The van der Waals surface area contributed by atoms with E-state index in [4.69, 9.17) is 4.74 Å². The summed E-state index contributed by atoms with van der Waals surface area (Å²) in [5, 5.41) is 22.5. The van der Waals surface area contributed by atoms with Crippen molar-refractivity contribution in [2.45, 2.75) is 130 Å². The van der Waals surface area contributed by atoms with E-state index in [0.29, 0.717) is 23.7 Å². The molecule has 0 aromatic heterocycles. The van der Waals surface area contributed by atoms with E-state index >= 15 is 0 Å². The van der Waals surface area contributed by atoms with Crippen LogP contribution in [0.1, 0.15) is 106 Å². The van der Waals surface area contributed by atoms with Gasteiger partial charge in [-0.25, -0.2) is 0 Å². The lowest BCUT2D eigenvalue weighted by Gasteiger charge is -2.63. The van der Waals surface area contributed by atoms with Gasteiger partial charge >= 0.3 is 0 Å². The van der Waals surface area contributed by atoms with Crippen molar-refractivity contribution < 1.29 is 14.9 Å². The van der Waals surface area contributed by atoms with Crippen LogP contribution in [0.5, 0.6) is 0 Å². The number of hydrogen-bond acceptors (Lipinski definition) is 3. The van der Waals surface area contributed by atoms with Crippen molar-refractivity contribution in [1.82, 2.24) is 0 Å². The van der Waals surface area contributed by atoms with E-state index in [1.54, 1.807) is 0 Å². The van der Waals surface area contributed by atoms with Crippen LogP contribution in [-0.2, 0) is 4.74 Å². The average molecular weight is 459 g/mol. The van der Waals surface area contributed by atoms with Crippen molar-refractivity contribution in [2.24, 2.45) is 45.8 Å². The van der Waals surface area contributed by atoms with Crippen LogP contribution in [0.2, 0.25) is 0 Å². The van der Waals surface area contributed by atoms with Gasteiger partial charge in [-0.15, -0.1) is 0 Å². The number of aliphatic hydroxyl groups is 2. The Hall–Kier alpha value is -0.380. The molecule has 0 aromatic rings. The number of aliphatic hydroxyl groups excluding tert-OH is 2. The highest BCUT2D eigenvalue weighted by Crippen LogP contribution is 2.85. The van der Waals surface area contributed by atoms with Gasteiger partial charge in [0.1, 0.15) is 11.2 Å². The molecule has 1 heterocycles. The Balaban J connectivity index is 1.45. The molecule has 0 amide bonds. The van der Waals surface area contributed by atoms with E-state index in [9.17, 15) is 10.2 Å². The van der Waals surface area contributed by atoms with Gasteiger partial charge in [0.15, 0.2) is 0 Å². The Labute approximate surface area is 202 Å². The van der Waals surface area contributed by atoms with Crippen molar-refractivity contribution in [1.29, 1.82) is 0 Å². The second-order valence-corrected chi connectivity index (χ2v) is 14.1. The Morgan fingerprint density at radius 3 is 2.36 bits per heavy atom. The minimum atomic E-state index is -0.414. The number of fused-ring (bicyclic) bond motifs is 2. The number of ether oxygens (including phenoxy) is 1. The monoisotopic (exact) mass is 458 g/mol. The standard InChI is InChI=1S/C30H50O3/c1-18(2)19(3)9-10-20(4)22-11-14-28(8)26(22,6)15-16-29-27(7)13-12-24(31)21(5)23(27)17-25(32)30(28,29)33-29/h18,20-25,31-32H,3,9-17H2,1-2,4-8H3. The fourth-order valence-corrected chi connectivity index (χ4v) is 10.5. The van der Waals surface area contributed by atoms with Crippen LogP contribution in [-0.4, -0.2) is 33.6 Å². The van der Waals surface area contributed by atoms with Crippen LogP contribution in [0.25, 0.3) is 0 Å². The quantitative estimate of drug-likeness (QED) is 0.364. The largest absolute Gasteiger partial charge is 0.393 e. The zero-order valence-electron chi connectivity index (χ0n) is 22.4. The highest BCUT2D eigenvalue weighted by atomic mass is 16.6. The smallest absolute Gasteiger partial charge is 0.130 e. The Bertz CT molecular complexity index is 821. The van der Waals surface area contributed by atoms with Gasteiger partial charge in [-0.2, -0.15) is 0 Å². The van der Waals surface area contributed by atoms with Crippen molar-refractivity contribution >= 4 is 0 Å². The first-order valence-corrected chi connectivity index (χ1v) is 14.1.